The minimum Gasteiger partial charge on any atom is -0.389 e. The van der Waals surface area contributed by atoms with Gasteiger partial charge in [0.1, 0.15) is 6.29 Å². The zero-order chi connectivity index (χ0) is 19.7. The molecule has 0 saturated heterocycles. The van der Waals surface area contributed by atoms with E-state index in [2.05, 4.69) is 47.6 Å². The normalized spacial score (nSPS) is 10.6. The monoisotopic (exact) mass is 366 g/mol. The fraction of sp³-hybridized carbons (Fsp3) is 0.632. The average Bonchev–Trinajstić information content (AvgIpc) is 2.34. The van der Waals surface area contributed by atoms with Gasteiger partial charge in [0.15, 0.2) is 0 Å². The molecule has 0 aliphatic carbocycles. The van der Waals surface area contributed by atoms with Gasteiger partial charge < -0.3 is 8.92 Å². The summed E-state index contributed by atoms with van der Waals surface area (Å²) in [6, 6.07) is 6.01. The topological polar surface area (TPSA) is 51.2 Å². The van der Waals surface area contributed by atoms with E-state index in [4.69, 9.17) is 0 Å². The second-order valence-corrected chi connectivity index (χ2v) is 11.9. The highest BCUT2D eigenvalue weighted by molar-refractivity contribution is 6.39. The maximum absolute atomic E-state index is 10.8. The van der Waals surface area contributed by atoms with Crippen LogP contribution in [-0.4, -0.2) is 23.7 Å². The van der Waals surface area contributed by atoms with E-state index in [0.717, 1.165) is 11.8 Å². The van der Waals surface area contributed by atoms with Crippen LogP contribution in [0.4, 0.5) is 0 Å². The van der Waals surface area contributed by atoms with Crippen molar-refractivity contribution in [2.24, 2.45) is 0 Å². The highest BCUT2D eigenvalue weighted by Gasteiger charge is 2.24. The first-order valence-electron chi connectivity index (χ1n) is 8.17. The van der Waals surface area contributed by atoms with Crippen molar-refractivity contribution in [1.82, 2.24) is 0 Å². The Morgan fingerprint density at radius 1 is 0.750 bits per heavy atom. The van der Waals surface area contributed by atoms with Gasteiger partial charge in [0, 0.05) is 5.56 Å². The number of benzene rings is 1. The third kappa shape index (κ3) is 12.4. The van der Waals surface area contributed by atoms with Gasteiger partial charge in [0.2, 0.25) is 0 Å². The van der Waals surface area contributed by atoms with E-state index in [1.807, 2.05) is 12.1 Å². The van der Waals surface area contributed by atoms with E-state index in [0.29, 0.717) is 0 Å². The first-order valence-corrected chi connectivity index (χ1v) is 13.0. The van der Waals surface area contributed by atoms with Crippen molar-refractivity contribution < 1.29 is 13.7 Å². The van der Waals surface area contributed by atoms with Gasteiger partial charge in [-0.3, -0.25) is 4.79 Å². The average molecular weight is 367 g/mol. The number of carbonyl (C=O) groups excluding carboxylic acids is 1. The van der Waals surface area contributed by atoms with Gasteiger partial charge >= 0.3 is 0 Å². The van der Waals surface area contributed by atoms with Crippen LogP contribution >= 0.6 is 0 Å². The lowest BCUT2D eigenvalue weighted by Crippen LogP contribution is -2.22. The fourth-order valence-corrected chi connectivity index (χ4v) is 1.91. The summed E-state index contributed by atoms with van der Waals surface area (Å²) in [4.78, 5) is 10.8. The largest absolute Gasteiger partial charge is 0.389 e. The first-order chi connectivity index (χ1) is 10.6. The van der Waals surface area contributed by atoms with Crippen molar-refractivity contribution in [2.75, 3.05) is 0 Å². The lowest BCUT2D eigenvalue weighted by Gasteiger charge is -2.30. The van der Waals surface area contributed by atoms with Gasteiger partial charge in [0.05, 0.1) is 0 Å². The smallest absolute Gasteiger partial charge is 0.270 e. The summed E-state index contributed by atoms with van der Waals surface area (Å²) < 4.78 is 19.3. The summed E-state index contributed by atoms with van der Waals surface area (Å²) in [6.07, 6.45) is 0.918. The van der Waals surface area contributed by atoms with Gasteiger partial charge in [-0.25, -0.2) is 0 Å². The van der Waals surface area contributed by atoms with E-state index in [9.17, 15) is 13.7 Å². The number of hydrogen-bond donors (Lipinski definition) is 0. The standard InChI is InChI=1S/C15H22O.2C2H6OSi/c1-14(2,3)12-8-7-11(10-16)9-13(12)15(4,5)6;2*1-4(2)3/h7-10H,1-6H3;2*1-2H3. The van der Waals surface area contributed by atoms with Gasteiger partial charge in [-0.1, -0.05) is 53.7 Å². The van der Waals surface area contributed by atoms with Crippen LogP contribution < -0.4 is 0 Å². The molecule has 0 spiro atoms. The molecule has 1 aromatic carbocycles. The molecule has 0 N–H and O–H groups in total. The summed E-state index contributed by atoms with van der Waals surface area (Å²) in [7, 11) is -2.26. The van der Waals surface area contributed by atoms with Gasteiger partial charge in [-0.05, 0) is 54.2 Å². The first kappa shape index (κ1) is 25.2. The molecule has 0 aliphatic heterocycles. The summed E-state index contributed by atoms with van der Waals surface area (Å²) in [5.41, 5.74) is 3.54. The Morgan fingerprint density at radius 3 is 1.33 bits per heavy atom. The zero-order valence-electron chi connectivity index (χ0n) is 17.0. The molecule has 0 aromatic heterocycles. The van der Waals surface area contributed by atoms with Crippen LogP contribution in [0.1, 0.15) is 63.0 Å². The molecule has 136 valence electrons. The molecule has 0 unspecified atom stereocenters. The summed E-state index contributed by atoms with van der Waals surface area (Å²) >= 11 is 0. The van der Waals surface area contributed by atoms with Gasteiger partial charge in [-0.2, -0.15) is 0 Å². The predicted molar refractivity (Wildman–Crippen MR) is 106 cm³/mol. The Kier molecular flexibility index (Phi) is 11.2. The molecule has 0 amide bonds. The third-order valence-corrected chi connectivity index (χ3v) is 2.80. The van der Waals surface area contributed by atoms with Crippen molar-refractivity contribution in [3.63, 3.8) is 0 Å². The van der Waals surface area contributed by atoms with Crippen molar-refractivity contribution >= 4 is 23.7 Å². The van der Waals surface area contributed by atoms with E-state index in [-0.39, 0.29) is 10.8 Å². The Morgan fingerprint density at radius 2 is 1.08 bits per heavy atom. The van der Waals surface area contributed by atoms with Crippen molar-refractivity contribution in [1.29, 1.82) is 0 Å². The minimum absolute atomic E-state index is 0.0711. The highest BCUT2D eigenvalue weighted by atomic mass is 28.3. The molecule has 0 atom stereocenters. The predicted octanol–water partition coefficient (Wildman–Crippen LogP) is 5.43. The van der Waals surface area contributed by atoms with Crippen LogP contribution in [0, 0.1) is 0 Å². The van der Waals surface area contributed by atoms with Gasteiger partial charge in [-0.15, -0.1) is 0 Å². The molecule has 1 rings (SSSR count). The van der Waals surface area contributed by atoms with Crippen LogP contribution in [0.25, 0.3) is 0 Å². The summed E-state index contributed by atoms with van der Waals surface area (Å²) in [5.74, 6) is 0. The number of carbonyl (C=O) groups is 1. The quantitative estimate of drug-likeness (QED) is 0.492. The van der Waals surface area contributed by atoms with Crippen LogP contribution in [0.5, 0.6) is 0 Å². The number of hydrogen-bond acceptors (Lipinski definition) is 3. The highest BCUT2D eigenvalue weighted by Crippen LogP contribution is 2.34. The van der Waals surface area contributed by atoms with E-state index in [1.54, 1.807) is 26.2 Å². The van der Waals surface area contributed by atoms with Crippen LogP contribution in [0.15, 0.2) is 18.2 Å². The summed E-state index contributed by atoms with van der Waals surface area (Å²) in [6.45, 7) is 20.0. The Balaban J connectivity index is 0. The Hall–Kier alpha value is -1.08. The molecular formula is C19H34O3Si2. The molecule has 5 heteroatoms. The second-order valence-electron chi connectivity index (χ2n) is 8.24. The van der Waals surface area contributed by atoms with Crippen LogP contribution in [0.2, 0.25) is 26.2 Å². The van der Waals surface area contributed by atoms with E-state index < -0.39 is 17.4 Å². The molecule has 0 bridgehead atoms. The maximum Gasteiger partial charge on any atom is 0.270 e. The van der Waals surface area contributed by atoms with Crippen molar-refractivity contribution in [2.45, 2.75) is 78.6 Å². The lowest BCUT2D eigenvalue weighted by atomic mass is 9.75. The zero-order valence-corrected chi connectivity index (χ0v) is 19.0. The maximum atomic E-state index is 10.8. The van der Waals surface area contributed by atoms with Gasteiger partial charge in [0.25, 0.3) is 17.4 Å². The second kappa shape index (κ2) is 10.7. The van der Waals surface area contributed by atoms with Crippen molar-refractivity contribution in [3.8, 4) is 0 Å². The molecule has 0 aliphatic rings. The van der Waals surface area contributed by atoms with E-state index in [1.165, 1.54) is 11.1 Å². The minimum atomic E-state index is -1.13. The molecule has 3 nitrogen and oxygen atoms in total. The molecule has 24 heavy (non-hydrogen) atoms. The summed E-state index contributed by atoms with van der Waals surface area (Å²) in [5, 5.41) is 0. The van der Waals surface area contributed by atoms with E-state index >= 15 is 0 Å². The number of aldehydes is 1. The van der Waals surface area contributed by atoms with Crippen LogP contribution in [-0.2, 0) is 19.8 Å². The fourth-order valence-electron chi connectivity index (χ4n) is 1.91. The molecule has 1 aromatic rings. The third-order valence-electron chi connectivity index (χ3n) is 2.80. The van der Waals surface area contributed by atoms with Crippen LogP contribution in [0.3, 0.4) is 0 Å². The van der Waals surface area contributed by atoms with Crippen molar-refractivity contribution in [3.05, 3.63) is 34.9 Å². The SMILES string of the molecule is CC(C)(C)c1ccc(C=O)cc1C(C)(C)C.C[Si](C)=O.C[Si](C)=O. The molecule has 0 fully saturated rings. The Bertz CT molecular complexity index is 545. The molecule has 0 radical (unpaired) electrons. The Labute approximate surface area is 151 Å². The molecule has 0 saturated carbocycles. The number of rotatable bonds is 1. The molecular weight excluding hydrogens is 332 g/mol. The lowest BCUT2D eigenvalue weighted by molar-refractivity contribution is 0.112. The molecule has 0 heterocycles.